The molecular weight excluding hydrogens is 356 g/mol. The number of benzene rings is 1. The summed E-state index contributed by atoms with van der Waals surface area (Å²) in [7, 11) is 0. The highest BCUT2D eigenvalue weighted by molar-refractivity contribution is 6.08. The number of nitrogens with zero attached hydrogens (tertiary/aromatic N) is 2. The number of carbonyl (C=O) groups excluding carboxylic acids is 2. The Bertz CT molecular complexity index is 735. The number of aliphatic hydroxyl groups is 1. The third-order valence-corrected chi connectivity index (χ3v) is 5.46. The van der Waals surface area contributed by atoms with E-state index in [1.165, 1.54) is 26.2 Å². The second-order valence-corrected chi connectivity index (χ2v) is 7.54. The van der Waals surface area contributed by atoms with Gasteiger partial charge in [-0.25, -0.2) is 0 Å². The quantitative estimate of drug-likeness (QED) is 0.743. The van der Waals surface area contributed by atoms with Crippen molar-refractivity contribution < 1.29 is 19.4 Å². The number of rotatable bonds is 8. The summed E-state index contributed by atoms with van der Waals surface area (Å²) in [5, 5.41) is 10.4. The van der Waals surface area contributed by atoms with Gasteiger partial charge in [-0.2, -0.15) is 0 Å². The van der Waals surface area contributed by atoms with E-state index in [-0.39, 0.29) is 11.4 Å². The molecule has 1 aromatic rings. The Labute approximate surface area is 166 Å². The lowest BCUT2D eigenvalue weighted by Gasteiger charge is -2.31. The highest BCUT2D eigenvalue weighted by Crippen LogP contribution is 2.38. The van der Waals surface area contributed by atoms with E-state index in [2.05, 4.69) is 4.90 Å². The molecule has 6 nitrogen and oxygen atoms in total. The van der Waals surface area contributed by atoms with Gasteiger partial charge >= 0.3 is 0 Å². The van der Waals surface area contributed by atoms with E-state index in [0.29, 0.717) is 13.2 Å². The number of carbonyl (C=O) groups is 2. The summed E-state index contributed by atoms with van der Waals surface area (Å²) in [6, 6.07) is 6.91. The molecule has 2 aliphatic rings. The van der Waals surface area contributed by atoms with E-state index < -0.39 is 17.7 Å². The van der Waals surface area contributed by atoms with Crippen LogP contribution in [0.15, 0.2) is 35.6 Å². The lowest BCUT2D eigenvalue weighted by molar-refractivity contribution is -0.129. The van der Waals surface area contributed by atoms with Gasteiger partial charge in [0, 0.05) is 13.1 Å². The molecule has 1 unspecified atom stereocenters. The highest BCUT2D eigenvalue weighted by atomic mass is 16.5. The van der Waals surface area contributed by atoms with Crippen molar-refractivity contribution in [3.05, 3.63) is 41.2 Å². The fourth-order valence-corrected chi connectivity index (χ4v) is 3.99. The number of ether oxygens (including phenoxy) is 1. The molecule has 1 saturated heterocycles. The van der Waals surface area contributed by atoms with Crippen LogP contribution in [0.3, 0.4) is 0 Å². The van der Waals surface area contributed by atoms with Gasteiger partial charge in [0.25, 0.3) is 5.91 Å². The maximum absolute atomic E-state index is 12.7. The predicted octanol–water partition coefficient (Wildman–Crippen LogP) is 3.25. The molecule has 1 aromatic carbocycles. The van der Waals surface area contributed by atoms with Gasteiger partial charge in [-0.3, -0.25) is 9.59 Å². The Morgan fingerprint density at radius 3 is 2.43 bits per heavy atom. The molecule has 6 heteroatoms. The number of aliphatic hydroxyl groups excluding tert-OH is 1. The average molecular weight is 386 g/mol. The normalized spacial score (nSPS) is 20.7. The second-order valence-electron chi connectivity index (χ2n) is 7.54. The lowest BCUT2D eigenvalue weighted by atomic mass is 9.96. The first-order chi connectivity index (χ1) is 13.5. The molecule has 1 fully saturated rings. The molecule has 1 amide bonds. The summed E-state index contributed by atoms with van der Waals surface area (Å²) in [6.07, 6.45) is 4.54. The van der Waals surface area contributed by atoms with Crippen LogP contribution < -0.4 is 4.74 Å². The number of hydrogen-bond donors (Lipinski definition) is 1. The minimum absolute atomic E-state index is 0.186. The minimum atomic E-state index is -0.546. The van der Waals surface area contributed by atoms with Crippen LogP contribution in [0.2, 0.25) is 0 Å². The molecule has 2 heterocycles. The molecule has 1 atom stereocenters. The second kappa shape index (κ2) is 9.24. The molecule has 3 rings (SSSR count). The first-order valence-corrected chi connectivity index (χ1v) is 10.2. The van der Waals surface area contributed by atoms with E-state index in [4.69, 9.17) is 4.74 Å². The molecule has 0 radical (unpaired) electrons. The maximum Gasteiger partial charge on any atom is 0.290 e. The van der Waals surface area contributed by atoms with Gasteiger partial charge in [0.1, 0.15) is 5.75 Å². The van der Waals surface area contributed by atoms with Crippen LogP contribution in [0.1, 0.15) is 51.1 Å². The van der Waals surface area contributed by atoms with Crippen molar-refractivity contribution in [1.82, 2.24) is 9.80 Å². The SMILES string of the molecule is CCCOc1ccc(C2C(C(C)=O)=C(O)C(=O)N2CCN2CCCCC2)cc1. The third-order valence-electron chi connectivity index (χ3n) is 5.46. The molecule has 28 heavy (non-hydrogen) atoms. The molecule has 152 valence electrons. The number of amides is 1. The zero-order valence-corrected chi connectivity index (χ0v) is 16.8. The summed E-state index contributed by atoms with van der Waals surface area (Å²) in [6.45, 7) is 7.40. The number of likely N-dealkylation sites (tertiary alicyclic amines) is 1. The van der Waals surface area contributed by atoms with Crippen molar-refractivity contribution in [2.45, 2.75) is 45.6 Å². The molecule has 0 spiro atoms. The molecule has 0 bridgehead atoms. The van der Waals surface area contributed by atoms with Crippen LogP contribution in [-0.4, -0.2) is 59.4 Å². The summed E-state index contributed by atoms with van der Waals surface area (Å²) in [5.74, 6) is -0.393. The Morgan fingerprint density at radius 2 is 1.82 bits per heavy atom. The van der Waals surface area contributed by atoms with E-state index in [9.17, 15) is 14.7 Å². The van der Waals surface area contributed by atoms with E-state index >= 15 is 0 Å². The Morgan fingerprint density at radius 1 is 1.14 bits per heavy atom. The zero-order valence-electron chi connectivity index (χ0n) is 16.8. The van der Waals surface area contributed by atoms with Gasteiger partial charge in [0.2, 0.25) is 0 Å². The fourth-order valence-electron chi connectivity index (χ4n) is 3.99. The predicted molar refractivity (Wildman–Crippen MR) is 107 cm³/mol. The highest BCUT2D eigenvalue weighted by Gasteiger charge is 2.42. The number of ketones is 1. The van der Waals surface area contributed by atoms with Crippen molar-refractivity contribution in [1.29, 1.82) is 0 Å². The number of Topliss-reactive ketones (excluding diaryl/α,β-unsaturated/α-hetero) is 1. The Kier molecular flexibility index (Phi) is 6.73. The average Bonchev–Trinajstić information content (AvgIpc) is 2.96. The molecule has 1 N–H and O–H groups in total. The summed E-state index contributed by atoms with van der Waals surface area (Å²) in [4.78, 5) is 28.9. The first kappa shape index (κ1) is 20.4. The van der Waals surface area contributed by atoms with Crippen molar-refractivity contribution >= 4 is 11.7 Å². The zero-order chi connectivity index (χ0) is 20.1. The summed E-state index contributed by atoms with van der Waals surface area (Å²) < 4.78 is 5.63. The van der Waals surface area contributed by atoms with Crippen molar-refractivity contribution in [2.24, 2.45) is 0 Å². The monoisotopic (exact) mass is 386 g/mol. The maximum atomic E-state index is 12.7. The van der Waals surface area contributed by atoms with Gasteiger partial charge in [0.05, 0.1) is 18.2 Å². The van der Waals surface area contributed by atoms with Gasteiger partial charge in [-0.05, 0) is 57.0 Å². The van der Waals surface area contributed by atoms with Crippen LogP contribution in [0.5, 0.6) is 5.75 Å². The van der Waals surface area contributed by atoms with E-state index in [1.807, 2.05) is 31.2 Å². The van der Waals surface area contributed by atoms with Crippen LogP contribution in [0, 0.1) is 0 Å². The van der Waals surface area contributed by atoms with Crippen molar-refractivity contribution in [3.8, 4) is 5.75 Å². The van der Waals surface area contributed by atoms with Crippen LogP contribution in [0.4, 0.5) is 0 Å². The third kappa shape index (κ3) is 4.38. The molecule has 2 aliphatic heterocycles. The topological polar surface area (TPSA) is 70.1 Å². The molecular formula is C22H30N2O4. The van der Waals surface area contributed by atoms with E-state index in [1.54, 1.807) is 4.90 Å². The lowest BCUT2D eigenvalue weighted by Crippen LogP contribution is -2.40. The van der Waals surface area contributed by atoms with Gasteiger partial charge in [0.15, 0.2) is 11.5 Å². The smallest absolute Gasteiger partial charge is 0.290 e. The number of piperidine rings is 1. The van der Waals surface area contributed by atoms with Gasteiger partial charge in [-0.1, -0.05) is 25.5 Å². The number of hydrogen-bond acceptors (Lipinski definition) is 5. The largest absolute Gasteiger partial charge is 0.503 e. The Hall–Kier alpha value is -2.34. The van der Waals surface area contributed by atoms with Crippen molar-refractivity contribution in [2.75, 3.05) is 32.8 Å². The molecule has 0 aliphatic carbocycles. The van der Waals surface area contributed by atoms with Crippen LogP contribution >= 0.6 is 0 Å². The molecule has 0 aromatic heterocycles. The van der Waals surface area contributed by atoms with E-state index in [0.717, 1.165) is 37.4 Å². The Balaban J connectivity index is 1.81. The van der Waals surface area contributed by atoms with Gasteiger partial charge < -0.3 is 19.6 Å². The standard InChI is InChI=1S/C22H30N2O4/c1-3-15-28-18-9-7-17(8-10-18)20-19(16(2)25)21(26)22(27)24(20)14-13-23-11-5-4-6-12-23/h7-10,20,26H,3-6,11-15H2,1-2H3. The van der Waals surface area contributed by atoms with Crippen molar-refractivity contribution in [3.63, 3.8) is 0 Å². The molecule has 0 saturated carbocycles. The first-order valence-electron chi connectivity index (χ1n) is 10.2. The van der Waals surface area contributed by atoms with Crippen LogP contribution in [-0.2, 0) is 9.59 Å². The minimum Gasteiger partial charge on any atom is -0.503 e. The van der Waals surface area contributed by atoms with Crippen LogP contribution in [0.25, 0.3) is 0 Å². The van der Waals surface area contributed by atoms with Gasteiger partial charge in [-0.15, -0.1) is 0 Å². The fraction of sp³-hybridized carbons (Fsp3) is 0.545. The summed E-state index contributed by atoms with van der Waals surface area (Å²) >= 11 is 0. The summed E-state index contributed by atoms with van der Waals surface area (Å²) in [5.41, 5.74) is 0.996.